The molecule has 0 atom stereocenters. The summed E-state index contributed by atoms with van der Waals surface area (Å²) in [5.74, 6) is 0.0881. The predicted octanol–water partition coefficient (Wildman–Crippen LogP) is 3.81. The van der Waals surface area contributed by atoms with E-state index < -0.39 is 0 Å². The molecule has 24 heavy (non-hydrogen) atoms. The van der Waals surface area contributed by atoms with Crippen molar-refractivity contribution in [3.05, 3.63) is 76.3 Å². The zero-order valence-corrected chi connectivity index (χ0v) is 15.2. The Kier molecular flexibility index (Phi) is 5.83. The summed E-state index contributed by atoms with van der Waals surface area (Å²) < 4.78 is 1.00. The normalized spacial score (nSPS) is 15.8. The summed E-state index contributed by atoms with van der Waals surface area (Å²) in [5.41, 5.74) is 2.35. The van der Waals surface area contributed by atoms with Gasteiger partial charge < -0.3 is 4.90 Å². The summed E-state index contributed by atoms with van der Waals surface area (Å²) in [4.78, 5) is 16.7. The molecule has 0 bridgehead atoms. The molecule has 0 aliphatic carbocycles. The van der Waals surface area contributed by atoms with Crippen molar-refractivity contribution in [2.24, 2.45) is 0 Å². The fourth-order valence-electron chi connectivity index (χ4n) is 2.84. The number of hydrogen-bond donors (Lipinski definition) is 0. The highest BCUT2D eigenvalue weighted by molar-refractivity contribution is 9.10. The molecule has 3 nitrogen and oxygen atoms in total. The van der Waals surface area contributed by atoms with Crippen molar-refractivity contribution in [2.45, 2.75) is 6.54 Å². The molecule has 0 unspecified atom stereocenters. The van der Waals surface area contributed by atoms with E-state index in [0.29, 0.717) is 0 Å². The Morgan fingerprint density at radius 3 is 2.33 bits per heavy atom. The van der Waals surface area contributed by atoms with E-state index in [9.17, 15) is 4.79 Å². The topological polar surface area (TPSA) is 23.6 Å². The second-order valence-corrected chi connectivity index (χ2v) is 6.80. The molecule has 1 heterocycles. The lowest BCUT2D eigenvalue weighted by Gasteiger charge is -2.34. The Morgan fingerprint density at radius 2 is 1.62 bits per heavy atom. The van der Waals surface area contributed by atoms with Gasteiger partial charge in [-0.1, -0.05) is 64.5 Å². The van der Waals surface area contributed by atoms with Crippen molar-refractivity contribution >= 4 is 27.9 Å². The summed E-state index contributed by atoms with van der Waals surface area (Å²) >= 11 is 3.50. The molecule has 0 radical (unpaired) electrons. The number of halogens is 1. The number of piperazine rings is 1. The number of carbonyl (C=O) groups excluding carboxylic acids is 1. The molecule has 1 fully saturated rings. The predicted molar refractivity (Wildman–Crippen MR) is 101 cm³/mol. The molecular weight excluding hydrogens is 364 g/mol. The minimum Gasteiger partial charge on any atom is -0.337 e. The van der Waals surface area contributed by atoms with E-state index in [4.69, 9.17) is 0 Å². The van der Waals surface area contributed by atoms with Gasteiger partial charge in [-0.2, -0.15) is 0 Å². The summed E-state index contributed by atoms with van der Waals surface area (Å²) in [6.45, 7) is 4.36. The lowest BCUT2D eigenvalue weighted by atomic mass is 10.2. The lowest BCUT2D eigenvalue weighted by molar-refractivity contribution is -0.127. The van der Waals surface area contributed by atoms with Gasteiger partial charge in [0, 0.05) is 43.3 Å². The van der Waals surface area contributed by atoms with Crippen LogP contribution in [0, 0.1) is 0 Å². The van der Waals surface area contributed by atoms with E-state index in [-0.39, 0.29) is 5.91 Å². The highest BCUT2D eigenvalue weighted by Crippen LogP contribution is 2.17. The highest BCUT2D eigenvalue weighted by Gasteiger charge is 2.19. The molecule has 1 saturated heterocycles. The van der Waals surface area contributed by atoms with Gasteiger partial charge >= 0.3 is 0 Å². The number of benzene rings is 2. The summed E-state index contributed by atoms with van der Waals surface area (Å²) in [6.07, 6.45) is 3.55. The molecule has 0 spiro atoms. The number of carbonyl (C=O) groups is 1. The first-order chi connectivity index (χ1) is 11.7. The maximum atomic E-state index is 12.4. The molecule has 0 N–H and O–H groups in total. The molecule has 3 rings (SSSR count). The maximum absolute atomic E-state index is 12.4. The molecule has 4 heteroatoms. The third-order valence-electron chi connectivity index (χ3n) is 4.24. The number of hydrogen-bond acceptors (Lipinski definition) is 2. The quantitative estimate of drug-likeness (QED) is 0.748. The third kappa shape index (κ3) is 4.56. The van der Waals surface area contributed by atoms with Crippen LogP contribution in [0.25, 0.3) is 6.08 Å². The molecule has 2 aromatic rings. The Hall–Kier alpha value is -1.91. The number of amides is 1. The van der Waals surface area contributed by atoms with Crippen LogP contribution in [0.1, 0.15) is 11.1 Å². The summed E-state index contributed by atoms with van der Waals surface area (Å²) in [6, 6.07) is 18.4. The van der Waals surface area contributed by atoms with E-state index in [2.05, 4.69) is 45.1 Å². The number of nitrogens with zero attached hydrogens (tertiary/aromatic N) is 2. The minimum atomic E-state index is 0.0881. The van der Waals surface area contributed by atoms with E-state index in [0.717, 1.165) is 42.8 Å². The summed E-state index contributed by atoms with van der Waals surface area (Å²) in [5, 5.41) is 0. The maximum Gasteiger partial charge on any atom is 0.246 e. The van der Waals surface area contributed by atoms with Gasteiger partial charge in [-0.25, -0.2) is 0 Å². The van der Waals surface area contributed by atoms with Gasteiger partial charge in [0.25, 0.3) is 0 Å². The average Bonchev–Trinajstić information content (AvgIpc) is 2.62. The van der Waals surface area contributed by atoms with Crippen LogP contribution < -0.4 is 0 Å². The fourth-order valence-corrected chi connectivity index (χ4v) is 3.26. The first-order valence-corrected chi connectivity index (χ1v) is 8.99. The lowest BCUT2D eigenvalue weighted by Crippen LogP contribution is -2.47. The van der Waals surface area contributed by atoms with Crippen molar-refractivity contribution < 1.29 is 4.79 Å². The largest absolute Gasteiger partial charge is 0.337 e. The molecule has 1 aliphatic heterocycles. The van der Waals surface area contributed by atoms with Gasteiger partial charge in [0.05, 0.1) is 0 Å². The molecule has 1 amide bonds. The third-order valence-corrected chi connectivity index (χ3v) is 4.97. The molecule has 0 aromatic heterocycles. The van der Waals surface area contributed by atoms with Crippen molar-refractivity contribution in [2.75, 3.05) is 26.2 Å². The molecule has 1 aliphatic rings. The minimum absolute atomic E-state index is 0.0881. The van der Waals surface area contributed by atoms with E-state index in [1.165, 1.54) is 5.56 Å². The second kappa shape index (κ2) is 8.27. The van der Waals surface area contributed by atoms with E-state index >= 15 is 0 Å². The van der Waals surface area contributed by atoms with Crippen LogP contribution in [-0.2, 0) is 11.3 Å². The second-order valence-electron chi connectivity index (χ2n) is 5.94. The van der Waals surface area contributed by atoms with Crippen LogP contribution in [0.3, 0.4) is 0 Å². The Morgan fingerprint density at radius 1 is 0.958 bits per heavy atom. The van der Waals surface area contributed by atoms with Gasteiger partial charge in [-0.15, -0.1) is 0 Å². The Bertz CT molecular complexity index is 707. The van der Waals surface area contributed by atoms with Crippen molar-refractivity contribution in [3.8, 4) is 0 Å². The van der Waals surface area contributed by atoms with Gasteiger partial charge in [0.2, 0.25) is 5.91 Å². The zero-order valence-electron chi connectivity index (χ0n) is 13.6. The Balaban J connectivity index is 1.51. The molecule has 124 valence electrons. The van der Waals surface area contributed by atoms with Crippen molar-refractivity contribution in [3.63, 3.8) is 0 Å². The fraction of sp³-hybridized carbons (Fsp3) is 0.250. The standard InChI is InChI=1S/C20H21BrN2O/c21-19-9-5-4-8-18(19)10-11-20(24)23-14-12-22(13-15-23)16-17-6-2-1-3-7-17/h1-11H,12-16H2/b11-10+. The number of rotatable bonds is 4. The van der Waals surface area contributed by atoms with Gasteiger partial charge in [-0.05, 0) is 23.3 Å². The van der Waals surface area contributed by atoms with Crippen LogP contribution >= 0.6 is 15.9 Å². The van der Waals surface area contributed by atoms with Crippen LogP contribution in [0.15, 0.2) is 65.1 Å². The van der Waals surface area contributed by atoms with Gasteiger partial charge in [-0.3, -0.25) is 9.69 Å². The van der Waals surface area contributed by atoms with Gasteiger partial charge in [0.15, 0.2) is 0 Å². The molecule has 0 saturated carbocycles. The zero-order chi connectivity index (χ0) is 16.8. The first-order valence-electron chi connectivity index (χ1n) is 8.20. The van der Waals surface area contributed by atoms with Crippen molar-refractivity contribution in [1.29, 1.82) is 0 Å². The van der Waals surface area contributed by atoms with Crippen LogP contribution in [0.5, 0.6) is 0 Å². The molecule has 2 aromatic carbocycles. The smallest absolute Gasteiger partial charge is 0.246 e. The monoisotopic (exact) mass is 384 g/mol. The highest BCUT2D eigenvalue weighted by atomic mass is 79.9. The van der Waals surface area contributed by atoms with E-state index in [1.54, 1.807) is 6.08 Å². The average molecular weight is 385 g/mol. The van der Waals surface area contributed by atoms with Crippen LogP contribution in [0.2, 0.25) is 0 Å². The summed E-state index contributed by atoms with van der Waals surface area (Å²) in [7, 11) is 0. The Labute approximate surface area is 151 Å². The van der Waals surface area contributed by atoms with E-state index in [1.807, 2.05) is 41.3 Å². The first kappa shape index (κ1) is 16.9. The van der Waals surface area contributed by atoms with Crippen LogP contribution in [-0.4, -0.2) is 41.9 Å². The SMILES string of the molecule is O=C(/C=C/c1ccccc1Br)N1CCN(Cc2ccccc2)CC1. The molecular formula is C20H21BrN2O. The van der Waals surface area contributed by atoms with Crippen molar-refractivity contribution in [1.82, 2.24) is 9.80 Å². The van der Waals surface area contributed by atoms with Gasteiger partial charge in [0.1, 0.15) is 0 Å². The van der Waals surface area contributed by atoms with Crippen LogP contribution in [0.4, 0.5) is 0 Å².